The molecule has 2 aromatic carbocycles. The van der Waals surface area contributed by atoms with E-state index in [0.717, 1.165) is 11.8 Å². The van der Waals surface area contributed by atoms with Crippen LogP contribution in [-0.4, -0.2) is 37.9 Å². The highest BCUT2D eigenvalue weighted by Crippen LogP contribution is 2.20. The van der Waals surface area contributed by atoms with Crippen molar-refractivity contribution >= 4 is 21.7 Å². The molecule has 0 aliphatic carbocycles. The average molecular weight is 403 g/mol. The number of methoxy groups -OCH3 is 1. The van der Waals surface area contributed by atoms with E-state index < -0.39 is 16.0 Å². The molecule has 0 aliphatic heterocycles. The molecule has 28 heavy (non-hydrogen) atoms. The number of carbonyl (C=O) groups is 1. The normalized spacial score (nSPS) is 11.1. The molecule has 0 radical (unpaired) electrons. The van der Waals surface area contributed by atoms with Crippen LogP contribution in [0.15, 0.2) is 53.1 Å². The Morgan fingerprint density at radius 3 is 2.61 bits per heavy atom. The first-order valence-electron chi connectivity index (χ1n) is 8.06. The second kappa shape index (κ2) is 8.09. The minimum absolute atomic E-state index is 0.129. The summed E-state index contributed by atoms with van der Waals surface area (Å²) < 4.78 is 40.2. The van der Waals surface area contributed by atoms with Crippen molar-refractivity contribution in [2.24, 2.45) is 0 Å². The Hall–Kier alpha value is -3.40. The molecular weight excluding hydrogens is 386 g/mol. The second-order valence-electron chi connectivity index (χ2n) is 5.77. The first kappa shape index (κ1) is 19.4. The highest BCUT2D eigenvalue weighted by atomic mass is 32.2. The predicted octanol–water partition coefficient (Wildman–Crippen LogP) is 2.47. The molecule has 0 bridgehead atoms. The molecular formula is C18H17N3O6S. The van der Waals surface area contributed by atoms with Gasteiger partial charge in [-0.15, -0.1) is 0 Å². The maximum absolute atomic E-state index is 12.2. The number of aromatic nitrogens is 2. The summed E-state index contributed by atoms with van der Waals surface area (Å²) in [4.78, 5) is 16.4. The van der Waals surface area contributed by atoms with Gasteiger partial charge in [0.15, 0.2) is 6.61 Å². The fourth-order valence-electron chi connectivity index (χ4n) is 2.31. The number of nitrogens with one attached hydrogen (secondary N) is 1. The number of hydrogen-bond acceptors (Lipinski definition) is 8. The van der Waals surface area contributed by atoms with Crippen molar-refractivity contribution in [3.8, 4) is 17.1 Å². The van der Waals surface area contributed by atoms with Crippen LogP contribution in [0.3, 0.4) is 0 Å². The lowest BCUT2D eigenvalue weighted by Crippen LogP contribution is -2.11. The van der Waals surface area contributed by atoms with Crippen molar-refractivity contribution in [2.75, 3.05) is 18.1 Å². The Bertz CT molecular complexity index is 1080. The molecule has 0 spiro atoms. The van der Waals surface area contributed by atoms with Gasteiger partial charge in [0.2, 0.25) is 15.8 Å². The van der Waals surface area contributed by atoms with E-state index in [1.165, 1.54) is 18.2 Å². The van der Waals surface area contributed by atoms with Crippen molar-refractivity contribution in [3.63, 3.8) is 0 Å². The van der Waals surface area contributed by atoms with Crippen LogP contribution in [-0.2, 0) is 21.4 Å². The highest BCUT2D eigenvalue weighted by molar-refractivity contribution is 7.92. The number of esters is 1. The van der Waals surface area contributed by atoms with Crippen LogP contribution < -0.4 is 9.46 Å². The molecule has 146 valence electrons. The maximum atomic E-state index is 12.2. The molecule has 9 nitrogen and oxygen atoms in total. The van der Waals surface area contributed by atoms with E-state index in [9.17, 15) is 13.2 Å². The summed E-state index contributed by atoms with van der Waals surface area (Å²) in [5.74, 6) is 0.535. The number of ether oxygens (including phenoxy) is 2. The van der Waals surface area contributed by atoms with E-state index in [1.54, 1.807) is 37.4 Å². The first-order chi connectivity index (χ1) is 13.3. The van der Waals surface area contributed by atoms with Crippen LogP contribution in [0.4, 0.5) is 5.69 Å². The monoisotopic (exact) mass is 403 g/mol. The minimum atomic E-state index is -3.45. The summed E-state index contributed by atoms with van der Waals surface area (Å²) in [7, 11) is -1.87. The lowest BCUT2D eigenvalue weighted by Gasteiger charge is -2.06. The van der Waals surface area contributed by atoms with E-state index in [2.05, 4.69) is 14.9 Å². The smallest absolute Gasteiger partial charge is 0.338 e. The third kappa shape index (κ3) is 5.07. The second-order valence-corrected chi connectivity index (χ2v) is 7.52. The molecule has 10 heteroatoms. The van der Waals surface area contributed by atoms with E-state index >= 15 is 0 Å². The van der Waals surface area contributed by atoms with Gasteiger partial charge in [0.05, 0.1) is 18.9 Å². The number of sulfonamides is 1. The first-order valence-corrected chi connectivity index (χ1v) is 9.95. The van der Waals surface area contributed by atoms with Gasteiger partial charge in [-0.2, -0.15) is 4.98 Å². The SMILES string of the molecule is COc1ccc(-c2noc(COC(=O)c3cccc(NS(C)(=O)=O)c3)n2)cc1. The summed E-state index contributed by atoms with van der Waals surface area (Å²) >= 11 is 0. The van der Waals surface area contributed by atoms with E-state index in [1.807, 2.05) is 0 Å². The Kier molecular flexibility index (Phi) is 5.59. The summed E-state index contributed by atoms with van der Waals surface area (Å²) in [5.41, 5.74) is 1.17. The Labute approximate surface area is 161 Å². The fourth-order valence-corrected chi connectivity index (χ4v) is 2.86. The van der Waals surface area contributed by atoms with Crippen molar-refractivity contribution in [1.82, 2.24) is 10.1 Å². The van der Waals surface area contributed by atoms with Gasteiger partial charge in [-0.05, 0) is 42.5 Å². The van der Waals surface area contributed by atoms with Crippen LogP contribution in [0.1, 0.15) is 16.2 Å². The number of benzene rings is 2. The van der Waals surface area contributed by atoms with Crippen molar-refractivity contribution in [3.05, 3.63) is 60.0 Å². The number of carbonyl (C=O) groups excluding carboxylic acids is 1. The van der Waals surface area contributed by atoms with Gasteiger partial charge in [0.1, 0.15) is 5.75 Å². The van der Waals surface area contributed by atoms with Crippen LogP contribution in [0.2, 0.25) is 0 Å². The molecule has 0 amide bonds. The van der Waals surface area contributed by atoms with Crippen LogP contribution >= 0.6 is 0 Å². The highest BCUT2D eigenvalue weighted by Gasteiger charge is 2.13. The van der Waals surface area contributed by atoms with Gasteiger partial charge in [-0.25, -0.2) is 13.2 Å². The Balaban J connectivity index is 1.63. The lowest BCUT2D eigenvalue weighted by atomic mass is 10.2. The Morgan fingerprint density at radius 2 is 1.93 bits per heavy atom. The molecule has 3 aromatic rings. The minimum Gasteiger partial charge on any atom is -0.497 e. The fraction of sp³-hybridized carbons (Fsp3) is 0.167. The van der Waals surface area contributed by atoms with Crippen molar-refractivity contribution in [1.29, 1.82) is 0 Å². The third-order valence-electron chi connectivity index (χ3n) is 3.54. The van der Waals surface area contributed by atoms with E-state index in [-0.39, 0.29) is 23.7 Å². The standard InChI is InChI=1S/C18H17N3O6S/c1-25-15-8-6-12(7-9-15)17-19-16(27-20-17)11-26-18(22)13-4-3-5-14(10-13)21-28(2,23)24/h3-10,21H,11H2,1-2H3. The molecule has 0 fully saturated rings. The zero-order valence-electron chi connectivity index (χ0n) is 15.1. The maximum Gasteiger partial charge on any atom is 0.338 e. The largest absolute Gasteiger partial charge is 0.497 e. The van der Waals surface area contributed by atoms with Crippen LogP contribution in [0.25, 0.3) is 11.4 Å². The number of rotatable bonds is 7. The third-order valence-corrected chi connectivity index (χ3v) is 4.15. The molecule has 0 saturated heterocycles. The summed E-state index contributed by atoms with van der Waals surface area (Å²) in [6, 6.07) is 13.0. The van der Waals surface area contributed by atoms with Crippen molar-refractivity contribution in [2.45, 2.75) is 6.61 Å². The molecule has 1 aromatic heterocycles. The Morgan fingerprint density at radius 1 is 1.18 bits per heavy atom. The van der Waals surface area contributed by atoms with Gasteiger partial charge in [0.25, 0.3) is 5.89 Å². The average Bonchev–Trinajstić information content (AvgIpc) is 3.14. The van der Waals surface area contributed by atoms with Gasteiger partial charge in [-0.1, -0.05) is 11.2 Å². The van der Waals surface area contributed by atoms with Gasteiger partial charge < -0.3 is 14.0 Å². The number of hydrogen-bond donors (Lipinski definition) is 1. The number of anilines is 1. The molecule has 0 aliphatic rings. The summed E-state index contributed by atoms with van der Waals surface area (Å²) in [6.45, 7) is -0.217. The van der Waals surface area contributed by atoms with Crippen LogP contribution in [0.5, 0.6) is 5.75 Å². The van der Waals surface area contributed by atoms with E-state index in [0.29, 0.717) is 11.6 Å². The topological polar surface area (TPSA) is 121 Å². The van der Waals surface area contributed by atoms with Gasteiger partial charge in [0, 0.05) is 11.3 Å². The molecule has 1 heterocycles. The zero-order chi connectivity index (χ0) is 20.1. The molecule has 1 N–H and O–H groups in total. The van der Waals surface area contributed by atoms with E-state index in [4.69, 9.17) is 14.0 Å². The molecule has 0 saturated carbocycles. The lowest BCUT2D eigenvalue weighted by molar-refractivity contribution is 0.0430. The molecule has 3 rings (SSSR count). The van der Waals surface area contributed by atoms with Crippen LogP contribution in [0, 0.1) is 0 Å². The van der Waals surface area contributed by atoms with Gasteiger partial charge >= 0.3 is 5.97 Å². The quantitative estimate of drug-likeness (QED) is 0.597. The van der Waals surface area contributed by atoms with Crippen molar-refractivity contribution < 1.29 is 27.2 Å². The summed E-state index contributed by atoms with van der Waals surface area (Å²) in [5, 5.41) is 3.85. The summed E-state index contributed by atoms with van der Waals surface area (Å²) in [6.07, 6.45) is 1.02. The predicted molar refractivity (Wildman–Crippen MR) is 100 cm³/mol. The molecule has 0 unspecified atom stereocenters. The molecule has 0 atom stereocenters. The number of nitrogens with zero attached hydrogens (tertiary/aromatic N) is 2. The van der Waals surface area contributed by atoms with Gasteiger partial charge in [-0.3, -0.25) is 4.72 Å². The zero-order valence-corrected chi connectivity index (χ0v) is 15.9.